The first kappa shape index (κ1) is 17.9. The molecule has 0 spiro atoms. The third kappa shape index (κ3) is 4.32. The van der Waals surface area contributed by atoms with Crippen molar-refractivity contribution in [2.24, 2.45) is 0 Å². The maximum atomic E-state index is 12.5. The lowest BCUT2D eigenvalue weighted by molar-refractivity contribution is -0.120. The van der Waals surface area contributed by atoms with Crippen molar-refractivity contribution in [2.45, 2.75) is 18.2 Å². The molecule has 0 aliphatic carbocycles. The van der Waals surface area contributed by atoms with Crippen LogP contribution in [0.5, 0.6) is 0 Å². The molecule has 5 heteroatoms. The predicted molar refractivity (Wildman–Crippen MR) is 96.3 cm³/mol. The lowest BCUT2D eigenvalue weighted by atomic mass is 9.98. The van der Waals surface area contributed by atoms with Gasteiger partial charge < -0.3 is 5.32 Å². The molecule has 0 aliphatic rings. The van der Waals surface area contributed by atoms with E-state index in [-0.39, 0.29) is 5.75 Å². The third-order valence-electron chi connectivity index (χ3n) is 3.81. The molecule has 0 aromatic heterocycles. The number of rotatable bonds is 7. The summed E-state index contributed by atoms with van der Waals surface area (Å²) in [7, 11) is -3.55. The van der Waals surface area contributed by atoms with Crippen molar-refractivity contribution in [1.82, 2.24) is 5.32 Å². The van der Waals surface area contributed by atoms with E-state index in [0.717, 1.165) is 11.1 Å². The van der Waals surface area contributed by atoms with Crippen molar-refractivity contribution in [3.63, 3.8) is 0 Å². The van der Waals surface area contributed by atoms with Crippen LogP contribution < -0.4 is 5.32 Å². The number of nitrogens with one attached hydrogen (secondary N) is 1. The molecule has 0 bridgehead atoms. The van der Waals surface area contributed by atoms with Gasteiger partial charge in [-0.05, 0) is 18.1 Å². The van der Waals surface area contributed by atoms with Crippen molar-refractivity contribution in [3.8, 4) is 0 Å². The first-order valence-corrected chi connectivity index (χ1v) is 9.40. The van der Waals surface area contributed by atoms with Gasteiger partial charge >= 0.3 is 0 Å². The molecule has 126 valence electrons. The van der Waals surface area contributed by atoms with Crippen molar-refractivity contribution in [3.05, 3.63) is 84.4 Å². The molecule has 0 fully saturated rings. The Bertz CT molecular complexity index is 746. The Morgan fingerprint density at radius 3 is 1.92 bits per heavy atom. The first-order chi connectivity index (χ1) is 11.5. The summed E-state index contributed by atoms with van der Waals surface area (Å²) in [5.41, 5.74) is 1.79. The van der Waals surface area contributed by atoms with Crippen LogP contribution in [0, 0.1) is 0 Å². The van der Waals surface area contributed by atoms with Gasteiger partial charge in [0.25, 0.3) is 0 Å². The molecule has 24 heavy (non-hydrogen) atoms. The smallest absolute Gasteiger partial charge is 0.238 e. The lowest BCUT2D eigenvalue weighted by Crippen LogP contribution is -2.40. The van der Waals surface area contributed by atoms with Crippen molar-refractivity contribution >= 4 is 15.7 Å². The second-order valence-electron chi connectivity index (χ2n) is 5.52. The minimum absolute atomic E-state index is 0.219. The highest BCUT2D eigenvalue weighted by atomic mass is 32.2. The highest BCUT2D eigenvalue weighted by Crippen LogP contribution is 2.22. The number of carbonyl (C=O) groups is 1. The monoisotopic (exact) mass is 343 g/mol. The van der Waals surface area contributed by atoms with Crippen LogP contribution in [0.25, 0.3) is 0 Å². The van der Waals surface area contributed by atoms with E-state index in [0.29, 0.717) is 0 Å². The molecule has 2 rings (SSSR count). The summed E-state index contributed by atoms with van der Waals surface area (Å²) in [5.74, 6) is -0.738. The van der Waals surface area contributed by atoms with Gasteiger partial charge in [0.1, 0.15) is 5.25 Å². The number of benzene rings is 2. The Balaban J connectivity index is 2.30. The molecule has 0 saturated carbocycles. The molecule has 0 radical (unpaired) electrons. The summed E-state index contributed by atoms with van der Waals surface area (Å²) < 4.78 is 24.2. The van der Waals surface area contributed by atoms with Crippen molar-refractivity contribution in [2.75, 3.05) is 5.75 Å². The van der Waals surface area contributed by atoms with Gasteiger partial charge in [0.2, 0.25) is 5.91 Å². The number of amides is 1. The van der Waals surface area contributed by atoms with Gasteiger partial charge in [-0.3, -0.25) is 4.79 Å². The van der Waals surface area contributed by atoms with Gasteiger partial charge in [-0.15, -0.1) is 6.58 Å². The van der Waals surface area contributed by atoms with E-state index in [1.54, 1.807) is 0 Å². The van der Waals surface area contributed by atoms with E-state index >= 15 is 0 Å². The molecule has 1 atom stereocenters. The third-order valence-corrected chi connectivity index (χ3v) is 5.80. The van der Waals surface area contributed by atoms with Crippen LogP contribution in [0.3, 0.4) is 0 Å². The Morgan fingerprint density at radius 1 is 1.04 bits per heavy atom. The standard InChI is InChI=1S/C19H21NO3S/c1-3-14-24(22,23)15(2)19(21)20-18(16-10-6-4-7-11-16)17-12-8-5-9-13-17/h3-13,15,18H,1,14H2,2H3,(H,20,21). The van der Waals surface area contributed by atoms with Crippen molar-refractivity contribution < 1.29 is 13.2 Å². The van der Waals surface area contributed by atoms with E-state index in [1.807, 2.05) is 60.7 Å². The molecule has 0 aliphatic heterocycles. The number of sulfone groups is 1. The Kier molecular flexibility index (Phi) is 5.93. The highest BCUT2D eigenvalue weighted by molar-refractivity contribution is 7.92. The van der Waals surface area contributed by atoms with Crippen LogP contribution >= 0.6 is 0 Å². The van der Waals surface area contributed by atoms with Gasteiger partial charge in [-0.2, -0.15) is 0 Å². The van der Waals surface area contributed by atoms with Gasteiger partial charge in [0.15, 0.2) is 9.84 Å². The van der Waals surface area contributed by atoms with E-state index in [1.165, 1.54) is 13.0 Å². The number of carbonyl (C=O) groups excluding carboxylic acids is 1. The Hall–Kier alpha value is -2.40. The SMILES string of the molecule is C=CCS(=O)(=O)C(C)C(=O)NC(c1ccccc1)c1ccccc1. The second-order valence-corrected chi connectivity index (χ2v) is 7.89. The van der Waals surface area contributed by atoms with E-state index in [2.05, 4.69) is 11.9 Å². The summed E-state index contributed by atoms with van der Waals surface area (Å²) >= 11 is 0. The summed E-state index contributed by atoms with van der Waals surface area (Å²) in [6.45, 7) is 4.84. The molecule has 2 aromatic carbocycles. The lowest BCUT2D eigenvalue weighted by Gasteiger charge is -2.22. The molecular formula is C19H21NO3S. The molecule has 1 unspecified atom stereocenters. The fourth-order valence-electron chi connectivity index (χ4n) is 2.38. The zero-order chi connectivity index (χ0) is 17.6. The number of hydrogen-bond donors (Lipinski definition) is 1. The van der Waals surface area contributed by atoms with Crippen LogP contribution in [0.4, 0.5) is 0 Å². The molecule has 0 heterocycles. The topological polar surface area (TPSA) is 63.2 Å². The zero-order valence-corrected chi connectivity index (χ0v) is 14.4. The van der Waals surface area contributed by atoms with Gasteiger partial charge in [-0.25, -0.2) is 8.42 Å². The molecule has 1 N–H and O–H groups in total. The largest absolute Gasteiger partial charge is 0.344 e. The average molecular weight is 343 g/mol. The predicted octanol–water partition coefficient (Wildman–Crippen LogP) is 2.88. The molecule has 4 nitrogen and oxygen atoms in total. The Labute approximate surface area is 143 Å². The summed E-state index contributed by atoms with van der Waals surface area (Å²) in [5, 5.41) is 1.73. The normalized spacial score (nSPS) is 12.6. The molecule has 1 amide bonds. The van der Waals surface area contributed by atoms with Crippen LogP contribution in [-0.2, 0) is 14.6 Å². The Morgan fingerprint density at radius 2 is 1.50 bits per heavy atom. The van der Waals surface area contributed by atoms with Crippen LogP contribution in [0.15, 0.2) is 73.3 Å². The average Bonchev–Trinajstić information content (AvgIpc) is 2.60. The quantitative estimate of drug-likeness (QED) is 0.786. The van der Waals surface area contributed by atoms with Gasteiger partial charge in [0.05, 0.1) is 11.8 Å². The fraction of sp³-hybridized carbons (Fsp3) is 0.211. The minimum Gasteiger partial charge on any atom is -0.344 e. The van der Waals surface area contributed by atoms with E-state index in [9.17, 15) is 13.2 Å². The van der Waals surface area contributed by atoms with Crippen LogP contribution in [0.1, 0.15) is 24.1 Å². The summed E-state index contributed by atoms with van der Waals surface area (Å²) in [4.78, 5) is 12.5. The van der Waals surface area contributed by atoms with Gasteiger partial charge in [-0.1, -0.05) is 66.7 Å². The maximum absolute atomic E-state index is 12.5. The first-order valence-electron chi connectivity index (χ1n) is 7.68. The minimum atomic E-state index is -3.55. The van der Waals surface area contributed by atoms with E-state index in [4.69, 9.17) is 0 Å². The molecule has 0 saturated heterocycles. The maximum Gasteiger partial charge on any atom is 0.238 e. The molecule has 2 aromatic rings. The van der Waals surface area contributed by atoms with Crippen molar-refractivity contribution in [1.29, 1.82) is 0 Å². The summed E-state index contributed by atoms with van der Waals surface area (Å²) in [6.07, 6.45) is 1.30. The fourth-order valence-corrected chi connectivity index (χ4v) is 3.39. The van der Waals surface area contributed by atoms with Crippen LogP contribution in [-0.4, -0.2) is 25.3 Å². The van der Waals surface area contributed by atoms with Crippen LogP contribution in [0.2, 0.25) is 0 Å². The van der Waals surface area contributed by atoms with E-state index < -0.39 is 27.0 Å². The zero-order valence-electron chi connectivity index (χ0n) is 13.6. The highest BCUT2D eigenvalue weighted by Gasteiger charge is 2.29. The van der Waals surface area contributed by atoms with Gasteiger partial charge in [0, 0.05) is 0 Å². The molecular weight excluding hydrogens is 322 g/mol. The second kappa shape index (κ2) is 7.93. The summed E-state index contributed by atoms with van der Waals surface area (Å²) in [6, 6.07) is 18.5. The number of hydrogen-bond acceptors (Lipinski definition) is 3.